The van der Waals surface area contributed by atoms with Crippen LogP contribution >= 0.6 is 0 Å². The van der Waals surface area contributed by atoms with Gasteiger partial charge in [0.05, 0.1) is 0 Å². The van der Waals surface area contributed by atoms with E-state index in [-0.39, 0.29) is 5.82 Å². The van der Waals surface area contributed by atoms with E-state index in [1.165, 1.54) is 6.07 Å². The van der Waals surface area contributed by atoms with Gasteiger partial charge in [-0.1, -0.05) is 23.8 Å². The molecule has 0 amide bonds. The highest BCUT2D eigenvalue weighted by Gasteiger charge is 2.02. The van der Waals surface area contributed by atoms with Crippen LogP contribution in [-0.4, -0.2) is 11.7 Å². The first-order chi connectivity index (χ1) is 9.56. The molecule has 0 aliphatic rings. The maximum atomic E-state index is 13.0. The quantitative estimate of drug-likeness (QED) is 0.817. The Labute approximate surface area is 119 Å². The summed E-state index contributed by atoms with van der Waals surface area (Å²) in [7, 11) is 0. The second-order valence-electron chi connectivity index (χ2n) is 5.13. The number of rotatable bonds is 5. The average Bonchev–Trinajstić information content (AvgIpc) is 2.40. The summed E-state index contributed by atoms with van der Waals surface area (Å²) in [6, 6.07) is 10.5. The first-order valence-corrected chi connectivity index (χ1v) is 6.80. The number of phenols is 1. The topological polar surface area (TPSA) is 32.3 Å². The van der Waals surface area contributed by atoms with Crippen LogP contribution in [0.3, 0.4) is 0 Å². The van der Waals surface area contributed by atoms with E-state index in [9.17, 15) is 9.50 Å². The Morgan fingerprint density at radius 2 is 1.85 bits per heavy atom. The molecule has 2 aromatic carbocycles. The Bertz CT molecular complexity index is 596. The second-order valence-corrected chi connectivity index (χ2v) is 5.13. The Morgan fingerprint density at radius 3 is 2.60 bits per heavy atom. The Balaban J connectivity index is 1.86. The van der Waals surface area contributed by atoms with Crippen LogP contribution < -0.4 is 5.32 Å². The number of aryl methyl sites for hydroxylation is 2. The summed E-state index contributed by atoms with van der Waals surface area (Å²) >= 11 is 0. The van der Waals surface area contributed by atoms with Crippen molar-refractivity contribution in [2.24, 2.45) is 0 Å². The van der Waals surface area contributed by atoms with E-state index in [0.717, 1.165) is 35.2 Å². The van der Waals surface area contributed by atoms with Crippen LogP contribution in [0.25, 0.3) is 0 Å². The van der Waals surface area contributed by atoms with E-state index < -0.39 is 0 Å². The van der Waals surface area contributed by atoms with E-state index in [0.29, 0.717) is 12.3 Å². The van der Waals surface area contributed by atoms with Crippen LogP contribution in [0.5, 0.6) is 5.75 Å². The Kier molecular flexibility index (Phi) is 4.74. The molecule has 0 saturated carbocycles. The lowest BCUT2D eigenvalue weighted by Crippen LogP contribution is -2.17. The van der Waals surface area contributed by atoms with Crippen molar-refractivity contribution < 1.29 is 9.50 Å². The minimum absolute atomic E-state index is 0.191. The molecule has 0 aliphatic carbocycles. The first kappa shape index (κ1) is 14.5. The molecule has 0 radical (unpaired) electrons. The van der Waals surface area contributed by atoms with E-state index >= 15 is 0 Å². The number of phenolic OH excluding ortho intramolecular Hbond substituents is 1. The van der Waals surface area contributed by atoms with Gasteiger partial charge in [0.15, 0.2) is 0 Å². The zero-order chi connectivity index (χ0) is 14.5. The van der Waals surface area contributed by atoms with Crippen molar-refractivity contribution >= 4 is 0 Å². The first-order valence-electron chi connectivity index (χ1n) is 6.80. The standard InChI is InChI=1S/C17H20FNO/c1-12-3-6-17(20)15(9-12)11-19-8-7-14-4-5-16(18)10-13(14)2/h3-6,9-10,19-20H,7-8,11H2,1-2H3. The third-order valence-corrected chi connectivity index (χ3v) is 3.43. The van der Waals surface area contributed by atoms with Crippen molar-refractivity contribution in [2.45, 2.75) is 26.8 Å². The fraction of sp³-hybridized carbons (Fsp3) is 0.294. The highest BCUT2D eigenvalue weighted by molar-refractivity contribution is 5.35. The number of hydrogen-bond donors (Lipinski definition) is 2. The molecule has 0 atom stereocenters. The average molecular weight is 273 g/mol. The van der Waals surface area contributed by atoms with Crippen molar-refractivity contribution in [2.75, 3.05) is 6.54 Å². The molecule has 0 saturated heterocycles. The van der Waals surface area contributed by atoms with Crippen LogP contribution in [0.1, 0.15) is 22.3 Å². The number of nitrogens with one attached hydrogen (secondary N) is 1. The molecule has 0 fully saturated rings. The van der Waals surface area contributed by atoms with Crippen molar-refractivity contribution in [1.82, 2.24) is 5.32 Å². The van der Waals surface area contributed by atoms with Crippen LogP contribution in [0.2, 0.25) is 0 Å². The van der Waals surface area contributed by atoms with Gasteiger partial charge in [0, 0.05) is 12.1 Å². The zero-order valence-corrected chi connectivity index (χ0v) is 11.9. The van der Waals surface area contributed by atoms with Crippen molar-refractivity contribution in [1.29, 1.82) is 0 Å². The minimum atomic E-state index is -0.191. The fourth-order valence-corrected chi connectivity index (χ4v) is 2.24. The third-order valence-electron chi connectivity index (χ3n) is 3.43. The summed E-state index contributed by atoms with van der Waals surface area (Å²) in [5.74, 6) is 0.130. The number of hydrogen-bond acceptors (Lipinski definition) is 2. The van der Waals surface area contributed by atoms with Crippen LogP contribution in [-0.2, 0) is 13.0 Å². The van der Waals surface area contributed by atoms with E-state index in [4.69, 9.17) is 0 Å². The summed E-state index contributed by atoms with van der Waals surface area (Å²) in [5.41, 5.74) is 4.16. The number of benzene rings is 2. The van der Waals surface area contributed by atoms with Crippen molar-refractivity contribution in [3.63, 3.8) is 0 Å². The lowest BCUT2D eigenvalue weighted by Gasteiger charge is -2.09. The molecule has 2 nitrogen and oxygen atoms in total. The van der Waals surface area contributed by atoms with Gasteiger partial charge in [0.25, 0.3) is 0 Å². The lowest BCUT2D eigenvalue weighted by molar-refractivity contribution is 0.464. The summed E-state index contributed by atoms with van der Waals surface area (Å²) in [6.45, 7) is 5.35. The van der Waals surface area contributed by atoms with Gasteiger partial charge in [0.1, 0.15) is 11.6 Å². The largest absolute Gasteiger partial charge is 0.508 e. The minimum Gasteiger partial charge on any atom is -0.508 e. The lowest BCUT2D eigenvalue weighted by atomic mass is 10.1. The molecule has 0 bridgehead atoms. The van der Waals surface area contributed by atoms with Gasteiger partial charge in [-0.2, -0.15) is 0 Å². The fourth-order valence-electron chi connectivity index (χ4n) is 2.24. The SMILES string of the molecule is Cc1ccc(O)c(CNCCc2ccc(F)cc2C)c1. The summed E-state index contributed by atoms with van der Waals surface area (Å²) in [4.78, 5) is 0. The molecular formula is C17H20FNO. The molecule has 2 rings (SSSR count). The Morgan fingerprint density at radius 1 is 1.05 bits per heavy atom. The van der Waals surface area contributed by atoms with Gasteiger partial charge in [-0.3, -0.25) is 0 Å². The predicted molar refractivity (Wildman–Crippen MR) is 79.4 cm³/mol. The monoisotopic (exact) mass is 273 g/mol. The highest BCUT2D eigenvalue weighted by atomic mass is 19.1. The van der Waals surface area contributed by atoms with E-state index in [1.807, 2.05) is 32.0 Å². The van der Waals surface area contributed by atoms with Gasteiger partial charge < -0.3 is 10.4 Å². The summed E-state index contributed by atoms with van der Waals surface area (Å²) in [6.07, 6.45) is 0.846. The number of aromatic hydroxyl groups is 1. The molecule has 0 spiro atoms. The molecule has 2 N–H and O–H groups in total. The van der Waals surface area contributed by atoms with Crippen molar-refractivity contribution in [3.05, 3.63) is 64.5 Å². The van der Waals surface area contributed by atoms with Gasteiger partial charge in [-0.15, -0.1) is 0 Å². The normalized spacial score (nSPS) is 10.8. The molecule has 0 heterocycles. The molecule has 0 aromatic heterocycles. The van der Waals surface area contributed by atoms with Gasteiger partial charge >= 0.3 is 0 Å². The number of halogens is 1. The van der Waals surface area contributed by atoms with Crippen LogP contribution in [0, 0.1) is 19.7 Å². The summed E-state index contributed by atoms with van der Waals surface area (Å²) in [5, 5.41) is 13.1. The maximum Gasteiger partial charge on any atom is 0.123 e. The molecule has 3 heteroatoms. The van der Waals surface area contributed by atoms with Gasteiger partial charge in [0.2, 0.25) is 0 Å². The zero-order valence-electron chi connectivity index (χ0n) is 11.9. The third kappa shape index (κ3) is 3.81. The second kappa shape index (κ2) is 6.53. The highest BCUT2D eigenvalue weighted by Crippen LogP contribution is 2.17. The smallest absolute Gasteiger partial charge is 0.123 e. The molecule has 0 unspecified atom stereocenters. The molecule has 0 aliphatic heterocycles. The Hall–Kier alpha value is -1.87. The summed E-state index contributed by atoms with van der Waals surface area (Å²) < 4.78 is 13.0. The molecular weight excluding hydrogens is 253 g/mol. The van der Waals surface area contributed by atoms with Crippen molar-refractivity contribution in [3.8, 4) is 5.75 Å². The van der Waals surface area contributed by atoms with Gasteiger partial charge in [-0.25, -0.2) is 4.39 Å². The predicted octanol–water partition coefficient (Wildman–Crippen LogP) is 3.48. The van der Waals surface area contributed by atoms with E-state index in [2.05, 4.69) is 5.32 Å². The molecule has 106 valence electrons. The van der Waals surface area contributed by atoms with Crippen LogP contribution in [0.4, 0.5) is 4.39 Å². The van der Waals surface area contributed by atoms with Crippen LogP contribution in [0.15, 0.2) is 36.4 Å². The maximum absolute atomic E-state index is 13.0. The van der Waals surface area contributed by atoms with Gasteiger partial charge in [-0.05, 0) is 56.1 Å². The molecule has 2 aromatic rings. The molecule has 20 heavy (non-hydrogen) atoms. The van der Waals surface area contributed by atoms with E-state index in [1.54, 1.807) is 12.1 Å².